The van der Waals surface area contributed by atoms with Crippen LogP contribution in [-0.2, 0) is 17.6 Å². The van der Waals surface area contributed by atoms with Crippen LogP contribution >= 0.6 is 22.9 Å². The number of nitrogens with zero attached hydrogens (tertiary/aromatic N) is 1. The molecule has 8 heteroatoms. The molecular weight excluding hydrogens is 448 g/mol. The van der Waals surface area contributed by atoms with E-state index < -0.39 is 11.9 Å². The van der Waals surface area contributed by atoms with Crippen molar-refractivity contribution in [3.05, 3.63) is 56.6 Å². The van der Waals surface area contributed by atoms with Crippen LogP contribution in [0.4, 0.5) is 5.00 Å². The first kappa shape index (κ1) is 22.6. The standard InChI is InChI=1S/C24H25ClN2O4S/c1-4-14-10-11-16-18(12-14)32-23(20(16)24(29)30-5-2)26-22(28)19-13(3)31-27-21(19)15-8-6-7-9-17(15)25/h6-9,14H,4-5,10-12H2,1-3H3,(H,26,28). The third kappa shape index (κ3) is 4.19. The first-order valence-electron chi connectivity index (χ1n) is 10.8. The molecule has 1 N–H and O–H groups in total. The van der Waals surface area contributed by atoms with Gasteiger partial charge in [-0.25, -0.2) is 4.79 Å². The number of anilines is 1. The maximum absolute atomic E-state index is 13.4. The third-order valence-electron chi connectivity index (χ3n) is 5.87. The van der Waals surface area contributed by atoms with Crippen molar-refractivity contribution in [3.63, 3.8) is 0 Å². The SMILES string of the molecule is CCOC(=O)c1c(NC(=O)c2c(-c3ccccc3Cl)noc2C)sc2c1CCC(CC)C2. The van der Waals surface area contributed by atoms with Gasteiger partial charge >= 0.3 is 5.97 Å². The summed E-state index contributed by atoms with van der Waals surface area (Å²) in [5.74, 6) is 0.174. The molecule has 0 saturated carbocycles. The Hall–Kier alpha value is -2.64. The molecule has 0 saturated heterocycles. The van der Waals surface area contributed by atoms with E-state index in [1.165, 1.54) is 11.3 Å². The van der Waals surface area contributed by atoms with E-state index in [4.69, 9.17) is 20.9 Å². The number of halogens is 1. The molecule has 1 aromatic carbocycles. The Bertz CT molecular complexity index is 1170. The molecule has 1 aliphatic rings. The van der Waals surface area contributed by atoms with Crippen LogP contribution in [0.25, 0.3) is 11.3 Å². The van der Waals surface area contributed by atoms with Crippen LogP contribution in [0.3, 0.4) is 0 Å². The molecule has 3 aromatic rings. The Morgan fingerprint density at radius 3 is 2.78 bits per heavy atom. The van der Waals surface area contributed by atoms with Crippen molar-refractivity contribution in [3.8, 4) is 11.3 Å². The predicted molar refractivity (Wildman–Crippen MR) is 126 cm³/mol. The van der Waals surface area contributed by atoms with Crippen LogP contribution in [0.15, 0.2) is 28.8 Å². The van der Waals surface area contributed by atoms with Gasteiger partial charge in [0.15, 0.2) is 0 Å². The third-order valence-corrected chi connectivity index (χ3v) is 7.37. The summed E-state index contributed by atoms with van der Waals surface area (Å²) >= 11 is 7.79. The van der Waals surface area contributed by atoms with Crippen molar-refractivity contribution in [2.75, 3.05) is 11.9 Å². The van der Waals surface area contributed by atoms with Gasteiger partial charge in [0.1, 0.15) is 22.0 Å². The van der Waals surface area contributed by atoms with Crippen LogP contribution in [0.1, 0.15) is 63.6 Å². The van der Waals surface area contributed by atoms with Gasteiger partial charge in [-0.05, 0) is 50.7 Å². The lowest BCUT2D eigenvalue weighted by Gasteiger charge is -2.20. The molecule has 168 valence electrons. The molecule has 6 nitrogen and oxygen atoms in total. The predicted octanol–water partition coefficient (Wildman–Crippen LogP) is 6.31. The summed E-state index contributed by atoms with van der Waals surface area (Å²) in [6, 6.07) is 7.15. The van der Waals surface area contributed by atoms with Crippen molar-refractivity contribution in [1.82, 2.24) is 5.16 Å². The average molecular weight is 473 g/mol. The molecule has 2 heterocycles. The van der Waals surface area contributed by atoms with Crippen molar-refractivity contribution in [1.29, 1.82) is 0 Å². The molecule has 2 aromatic heterocycles. The molecule has 1 atom stereocenters. The van der Waals surface area contributed by atoms with E-state index >= 15 is 0 Å². The first-order valence-corrected chi connectivity index (χ1v) is 12.0. The number of thiophene rings is 1. The lowest BCUT2D eigenvalue weighted by molar-refractivity contribution is 0.0526. The normalized spacial score (nSPS) is 15.3. The quantitative estimate of drug-likeness (QED) is 0.425. The Morgan fingerprint density at radius 1 is 1.28 bits per heavy atom. The molecule has 0 aliphatic heterocycles. The Labute approximate surface area is 195 Å². The van der Waals surface area contributed by atoms with E-state index in [1.54, 1.807) is 26.0 Å². The Balaban J connectivity index is 1.72. The number of aromatic nitrogens is 1. The van der Waals surface area contributed by atoms with E-state index in [0.29, 0.717) is 44.1 Å². The summed E-state index contributed by atoms with van der Waals surface area (Å²) in [7, 11) is 0. The van der Waals surface area contributed by atoms with E-state index in [-0.39, 0.29) is 6.61 Å². The maximum Gasteiger partial charge on any atom is 0.341 e. The van der Waals surface area contributed by atoms with Crippen LogP contribution in [0, 0.1) is 12.8 Å². The second-order valence-electron chi connectivity index (χ2n) is 7.84. The van der Waals surface area contributed by atoms with Crippen molar-refractivity contribution in [2.24, 2.45) is 5.92 Å². The number of esters is 1. The summed E-state index contributed by atoms with van der Waals surface area (Å²) in [6.45, 7) is 5.91. The topological polar surface area (TPSA) is 81.4 Å². The monoisotopic (exact) mass is 472 g/mol. The minimum absolute atomic E-state index is 0.274. The lowest BCUT2D eigenvalue weighted by Crippen LogP contribution is -2.17. The first-order chi connectivity index (χ1) is 15.4. The smallest absolute Gasteiger partial charge is 0.341 e. The number of benzene rings is 1. The summed E-state index contributed by atoms with van der Waals surface area (Å²) in [5, 5.41) is 8.01. The number of aryl methyl sites for hydroxylation is 1. The highest BCUT2D eigenvalue weighted by Crippen LogP contribution is 2.41. The molecule has 0 spiro atoms. The number of carbonyl (C=O) groups is 2. The molecule has 0 bridgehead atoms. The number of hydrogen-bond donors (Lipinski definition) is 1. The van der Waals surface area contributed by atoms with Gasteiger partial charge in [0.2, 0.25) is 0 Å². The highest BCUT2D eigenvalue weighted by Gasteiger charge is 2.31. The average Bonchev–Trinajstić information content (AvgIpc) is 3.33. The van der Waals surface area contributed by atoms with E-state index in [2.05, 4.69) is 17.4 Å². The Kier molecular flexibility index (Phi) is 6.67. The number of nitrogens with one attached hydrogen (secondary N) is 1. The van der Waals surface area contributed by atoms with Gasteiger partial charge in [-0.3, -0.25) is 4.79 Å². The van der Waals surface area contributed by atoms with Crippen molar-refractivity contribution in [2.45, 2.75) is 46.5 Å². The maximum atomic E-state index is 13.4. The fraction of sp³-hybridized carbons (Fsp3) is 0.375. The number of ether oxygens (including phenoxy) is 1. The second kappa shape index (κ2) is 9.46. The zero-order valence-corrected chi connectivity index (χ0v) is 19.9. The summed E-state index contributed by atoms with van der Waals surface area (Å²) < 4.78 is 10.7. The molecular formula is C24H25ClN2O4S. The summed E-state index contributed by atoms with van der Waals surface area (Å²) in [4.78, 5) is 27.3. The van der Waals surface area contributed by atoms with Crippen LogP contribution in [0.2, 0.25) is 5.02 Å². The Morgan fingerprint density at radius 2 is 2.06 bits per heavy atom. The lowest BCUT2D eigenvalue weighted by atomic mass is 9.85. The van der Waals surface area contributed by atoms with Crippen LogP contribution < -0.4 is 5.32 Å². The largest absolute Gasteiger partial charge is 0.462 e. The van der Waals surface area contributed by atoms with Gasteiger partial charge in [0.05, 0.1) is 17.2 Å². The van der Waals surface area contributed by atoms with E-state index in [9.17, 15) is 9.59 Å². The van der Waals surface area contributed by atoms with Gasteiger partial charge in [0.25, 0.3) is 5.91 Å². The summed E-state index contributed by atoms with van der Waals surface area (Å²) in [5.41, 5.74) is 2.75. The molecule has 4 rings (SSSR count). The van der Waals surface area contributed by atoms with Gasteiger partial charge in [-0.15, -0.1) is 11.3 Å². The van der Waals surface area contributed by atoms with Gasteiger partial charge in [-0.2, -0.15) is 0 Å². The number of rotatable bonds is 6. The van der Waals surface area contributed by atoms with Gasteiger partial charge < -0.3 is 14.6 Å². The van der Waals surface area contributed by atoms with Gasteiger partial charge in [-0.1, -0.05) is 48.3 Å². The molecule has 0 radical (unpaired) electrons. The fourth-order valence-electron chi connectivity index (χ4n) is 4.15. The molecule has 32 heavy (non-hydrogen) atoms. The highest BCUT2D eigenvalue weighted by atomic mass is 35.5. The molecule has 1 amide bonds. The fourth-order valence-corrected chi connectivity index (χ4v) is 5.72. The minimum Gasteiger partial charge on any atom is -0.462 e. The zero-order valence-electron chi connectivity index (χ0n) is 18.3. The number of fused-ring (bicyclic) bond motifs is 1. The number of carbonyl (C=O) groups excluding carboxylic acids is 2. The van der Waals surface area contributed by atoms with Crippen LogP contribution in [0.5, 0.6) is 0 Å². The number of hydrogen-bond acceptors (Lipinski definition) is 6. The number of amides is 1. The van der Waals surface area contributed by atoms with E-state index in [0.717, 1.165) is 36.1 Å². The zero-order chi connectivity index (χ0) is 22.8. The van der Waals surface area contributed by atoms with E-state index in [1.807, 2.05) is 12.1 Å². The van der Waals surface area contributed by atoms with Crippen LogP contribution in [-0.4, -0.2) is 23.6 Å². The van der Waals surface area contributed by atoms with Gasteiger partial charge in [0, 0.05) is 10.4 Å². The molecule has 0 fully saturated rings. The highest BCUT2D eigenvalue weighted by molar-refractivity contribution is 7.17. The minimum atomic E-state index is -0.399. The molecule has 1 unspecified atom stereocenters. The van der Waals surface area contributed by atoms with Crippen molar-refractivity contribution >= 4 is 39.8 Å². The second-order valence-corrected chi connectivity index (χ2v) is 9.35. The van der Waals surface area contributed by atoms with Crippen molar-refractivity contribution < 1.29 is 18.8 Å². The summed E-state index contributed by atoms with van der Waals surface area (Å²) in [6.07, 6.45) is 3.84. The molecule has 1 aliphatic carbocycles.